The third kappa shape index (κ3) is 2.75. The van der Waals surface area contributed by atoms with Gasteiger partial charge in [0, 0.05) is 6.07 Å². The Kier molecular flexibility index (Phi) is 4.09. The Bertz CT molecular complexity index is 822. The van der Waals surface area contributed by atoms with Gasteiger partial charge in [0.05, 0.1) is 16.9 Å². The summed E-state index contributed by atoms with van der Waals surface area (Å²) in [6, 6.07) is 7.97. The van der Waals surface area contributed by atoms with Gasteiger partial charge in [0.15, 0.2) is 11.5 Å². The van der Waals surface area contributed by atoms with Gasteiger partial charge in [-0.15, -0.1) is 0 Å². The van der Waals surface area contributed by atoms with Crippen LogP contribution in [0.2, 0.25) is 0 Å². The monoisotopic (exact) mass is 322 g/mol. The zero-order valence-corrected chi connectivity index (χ0v) is 12.7. The van der Waals surface area contributed by atoms with Gasteiger partial charge >= 0.3 is 5.97 Å². The van der Waals surface area contributed by atoms with Crippen molar-refractivity contribution in [3.05, 3.63) is 47.5 Å². The summed E-state index contributed by atoms with van der Waals surface area (Å²) < 4.78 is 29.5. The minimum atomic E-state index is -3.94. The van der Waals surface area contributed by atoms with E-state index in [1.165, 1.54) is 12.1 Å². The molecule has 0 saturated heterocycles. The number of rotatable bonds is 3. The molecule has 6 nitrogen and oxygen atoms in total. The van der Waals surface area contributed by atoms with Crippen molar-refractivity contribution in [2.45, 2.75) is 16.7 Å². The maximum absolute atomic E-state index is 12.5. The fourth-order valence-electron chi connectivity index (χ4n) is 1.87. The third-order valence-electron chi connectivity index (χ3n) is 3.11. The number of phenols is 2. The van der Waals surface area contributed by atoms with Crippen LogP contribution in [0.3, 0.4) is 0 Å². The summed E-state index contributed by atoms with van der Waals surface area (Å²) in [7, 11) is -2.85. The van der Waals surface area contributed by atoms with Crippen LogP contribution in [0.25, 0.3) is 0 Å². The Labute approximate surface area is 127 Å². The molecule has 2 aromatic carbocycles. The fraction of sp³-hybridized carbons (Fsp3) is 0.133. The Hall–Kier alpha value is -2.54. The van der Waals surface area contributed by atoms with Crippen LogP contribution in [0, 0.1) is 6.92 Å². The number of carbonyl (C=O) groups is 1. The zero-order chi connectivity index (χ0) is 16.5. The largest absolute Gasteiger partial charge is 0.504 e. The molecule has 2 aromatic rings. The standard InChI is InChI=1S/C15H14O6S/c1-9-3-5-10(6-4-9)22(19,20)11-7-12(15(18)21-2)14(17)13(16)8-11/h3-8,16-17H,1-2H3. The first-order chi connectivity index (χ1) is 10.3. The molecule has 22 heavy (non-hydrogen) atoms. The lowest BCUT2D eigenvalue weighted by molar-refractivity contribution is 0.0596. The minimum Gasteiger partial charge on any atom is -0.504 e. The van der Waals surface area contributed by atoms with Crippen molar-refractivity contribution in [1.29, 1.82) is 0 Å². The van der Waals surface area contributed by atoms with Crippen LogP contribution in [0.15, 0.2) is 46.2 Å². The van der Waals surface area contributed by atoms with E-state index in [1.807, 2.05) is 6.92 Å². The fourth-order valence-corrected chi connectivity index (χ4v) is 3.17. The van der Waals surface area contributed by atoms with Crippen molar-refractivity contribution in [2.24, 2.45) is 0 Å². The molecule has 0 radical (unpaired) electrons. The summed E-state index contributed by atoms with van der Waals surface area (Å²) in [5.41, 5.74) is 0.468. The SMILES string of the molecule is COC(=O)c1cc(S(=O)(=O)c2ccc(C)cc2)cc(O)c1O. The summed E-state index contributed by atoms with van der Waals surface area (Å²) in [6.45, 7) is 1.82. The van der Waals surface area contributed by atoms with Gasteiger partial charge in [-0.25, -0.2) is 13.2 Å². The number of hydrogen-bond acceptors (Lipinski definition) is 6. The molecule has 0 atom stereocenters. The van der Waals surface area contributed by atoms with Gasteiger partial charge < -0.3 is 14.9 Å². The van der Waals surface area contributed by atoms with Crippen LogP contribution >= 0.6 is 0 Å². The molecular weight excluding hydrogens is 308 g/mol. The molecule has 0 fully saturated rings. The average molecular weight is 322 g/mol. The van der Waals surface area contributed by atoms with Crippen LogP contribution < -0.4 is 0 Å². The number of hydrogen-bond donors (Lipinski definition) is 2. The van der Waals surface area contributed by atoms with Gasteiger partial charge in [0.1, 0.15) is 5.56 Å². The number of phenolic OH excluding ortho intramolecular Hbond substituents is 2. The van der Waals surface area contributed by atoms with Crippen LogP contribution in [0.5, 0.6) is 11.5 Å². The summed E-state index contributed by atoms with van der Waals surface area (Å²) >= 11 is 0. The molecule has 0 amide bonds. The van der Waals surface area contributed by atoms with Crippen molar-refractivity contribution < 1.29 is 28.2 Å². The van der Waals surface area contributed by atoms with E-state index in [0.29, 0.717) is 0 Å². The van der Waals surface area contributed by atoms with Gasteiger partial charge in [-0.2, -0.15) is 0 Å². The molecular formula is C15H14O6S. The maximum atomic E-state index is 12.5. The highest BCUT2D eigenvalue weighted by Gasteiger charge is 2.24. The maximum Gasteiger partial charge on any atom is 0.341 e. The van der Waals surface area contributed by atoms with Crippen molar-refractivity contribution in [3.63, 3.8) is 0 Å². The number of methoxy groups -OCH3 is 1. The first-order valence-electron chi connectivity index (χ1n) is 6.23. The van der Waals surface area contributed by atoms with E-state index in [9.17, 15) is 23.4 Å². The van der Waals surface area contributed by atoms with Crippen molar-refractivity contribution in [3.8, 4) is 11.5 Å². The summed E-state index contributed by atoms with van der Waals surface area (Å²) in [6.07, 6.45) is 0. The van der Waals surface area contributed by atoms with Crippen molar-refractivity contribution in [1.82, 2.24) is 0 Å². The molecule has 0 aliphatic rings. The summed E-state index contributed by atoms with van der Waals surface area (Å²) in [4.78, 5) is 11.3. The first kappa shape index (κ1) is 15.8. The molecule has 0 saturated carbocycles. The normalized spacial score (nSPS) is 11.2. The molecule has 116 valence electrons. The molecule has 2 rings (SSSR count). The molecule has 0 aliphatic carbocycles. The predicted octanol–water partition coefficient (Wildman–Crippen LogP) is 2.03. The smallest absolute Gasteiger partial charge is 0.341 e. The first-order valence-corrected chi connectivity index (χ1v) is 7.71. The van der Waals surface area contributed by atoms with E-state index < -0.39 is 32.9 Å². The van der Waals surface area contributed by atoms with Gasteiger partial charge in [-0.1, -0.05) is 17.7 Å². The average Bonchev–Trinajstić information content (AvgIpc) is 2.49. The lowest BCUT2D eigenvalue weighted by Gasteiger charge is -2.09. The topological polar surface area (TPSA) is 101 Å². The van der Waals surface area contributed by atoms with Gasteiger partial charge in [0.25, 0.3) is 0 Å². The van der Waals surface area contributed by atoms with E-state index in [1.54, 1.807) is 12.1 Å². The number of sulfone groups is 1. The third-order valence-corrected chi connectivity index (χ3v) is 4.86. The summed E-state index contributed by atoms with van der Waals surface area (Å²) in [5, 5.41) is 19.3. The molecule has 0 unspecified atom stereocenters. The Morgan fingerprint density at radius 1 is 1.05 bits per heavy atom. The molecule has 0 heterocycles. The second-order valence-corrected chi connectivity index (χ2v) is 6.60. The van der Waals surface area contributed by atoms with Crippen molar-refractivity contribution >= 4 is 15.8 Å². The number of ether oxygens (including phenoxy) is 1. The van der Waals surface area contributed by atoms with Crippen LogP contribution in [-0.2, 0) is 14.6 Å². The molecule has 0 bridgehead atoms. The lowest BCUT2D eigenvalue weighted by atomic mass is 10.2. The van der Waals surface area contributed by atoms with E-state index in [0.717, 1.165) is 24.8 Å². The Balaban J connectivity index is 2.64. The van der Waals surface area contributed by atoms with Crippen LogP contribution in [-0.4, -0.2) is 31.7 Å². The van der Waals surface area contributed by atoms with E-state index in [2.05, 4.69) is 4.74 Å². The quantitative estimate of drug-likeness (QED) is 0.662. The highest BCUT2D eigenvalue weighted by atomic mass is 32.2. The zero-order valence-electron chi connectivity index (χ0n) is 11.9. The number of carbonyl (C=O) groups excluding carboxylic acids is 1. The van der Waals surface area contributed by atoms with E-state index in [-0.39, 0.29) is 9.79 Å². The number of esters is 1. The molecule has 0 aromatic heterocycles. The van der Waals surface area contributed by atoms with Gasteiger partial charge in [-0.3, -0.25) is 0 Å². The van der Waals surface area contributed by atoms with E-state index in [4.69, 9.17) is 0 Å². The molecule has 0 spiro atoms. The van der Waals surface area contributed by atoms with Gasteiger partial charge in [-0.05, 0) is 25.1 Å². The Morgan fingerprint density at radius 2 is 1.64 bits per heavy atom. The second kappa shape index (κ2) is 5.69. The van der Waals surface area contributed by atoms with Crippen molar-refractivity contribution in [2.75, 3.05) is 7.11 Å². The lowest BCUT2D eigenvalue weighted by Crippen LogP contribution is -2.07. The van der Waals surface area contributed by atoms with Crippen LogP contribution in [0.4, 0.5) is 0 Å². The van der Waals surface area contributed by atoms with Crippen LogP contribution in [0.1, 0.15) is 15.9 Å². The number of aromatic hydroxyl groups is 2. The molecule has 7 heteroatoms. The Morgan fingerprint density at radius 3 is 2.18 bits per heavy atom. The highest BCUT2D eigenvalue weighted by Crippen LogP contribution is 2.34. The summed E-state index contributed by atoms with van der Waals surface area (Å²) in [5.74, 6) is -2.39. The number of aryl methyl sites for hydroxylation is 1. The number of benzene rings is 2. The van der Waals surface area contributed by atoms with Gasteiger partial charge in [0.2, 0.25) is 9.84 Å². The minimum absolute atomic E-state index is 0.0130. The molecule has 2 N–H and O–H groups in total. The van der Waals surface area contributed by atoms with E-state index >= 15 is 0 Å². The second-order valence-electron chi connectivity index (χ2n) is 4.65. The predicted molar refractivity (Wildman–Crippen MR) is 77.7 cm³/mol. The molecule has 0 aliphatic heterocycles. The highest BCUT2D eigenvalue weighted by molar-refractivity contribution is 7.91.